The Balaban J connectivity index is 0.000000185. The van der Waals surface area contributed by atoms with Gasteiger partial charge in [-0.3, -0.25) is 0 Å². The molecular weight excluding hydrogens is 335 g/mol. The molecule has 0 saturated heterocycles. The summed E-state index contributed by atoms with van der Waals surface area (Å²) in [7, 11) is -0.757. The Morgan fingerprint density at radius 1 is 1.12 bits per heavy atom. The predicted octanol–water partition coefficient (Wildman–Crippen LogP) is 1.04. The van der Waals surface area contributed by atoms with Crippen LogP contribution in [0, 0.1) is 5.82 Å². The summed E-state index contributed by atoms with van der Waals surface area (Å²) in [6.45, 7) is 0. The lowest BCUT2D eigenvalue weighted by Crippen LogP contribution is -2.33. The van der Waals surface area contributed by atoms with E-state index in [9.17, 15) is 17.4 Å². The molecule has 9 heteroatoms. The summed E-state index contributed by atoms with van der Waals surface area (Å²) in [6.07, 6.45) is 0. The molecule has 0 fully saturated rings. The highest BCUT2D eigenvalue weighted by molar-refractivity contribution is 7.85. The third kappa shape index (κ3) is 4.67. The maximum absolute atomic E-state index is 12.9. The molecule has 0 N–H and O–H groups in total. The lowest BCUT2D eigenvalue weighted by atomic mass is 10.2. The fourth-order valence-electron chi connectivity index (χ4n) is 1.92. The van der Waals surface area contributed by atoms with E-state index in [1.54, 1.807) is 37.0 Å². The normalized spacial score (nSPS) is 10.8. The Bertz CT molecular complexity index is 927. The summed E-state index contributed by atoms with van der Waals surface area (Å²) >= 11 is 0. The van der Waals surface area contributed by atoms with Crippen LogP contribution in [-0.4, -0.2) is 28.1 Å². The molecule has 0 radical (unpaired) electrons. The minimum Gasteiger partial charge on any atom is -0.744 e. The first-order valence-corrected chi connectivity index (χ1v) is 8.23. The summed E-state index contributed by atoms with van der Waals surface area (Å²) in [5.41, 5.74) is 0.723. The molecule has 0 atom stereocenters. The van der Waals surface area contributed by atoms with Gasteiger partial charge in [-0.2, -0.15) is 0 Å². The zero-order valence-corrected chi connectivity index (χ0v) is 13.8. The van der Waals surface area contributed by atoms with Crippen molar-refractivity contribution in [3.05, 3.63) is 60.4 Å². The molecule has 0 amide bonds. The Morgan fingerprint density at radius 2 is 1.79 bits per heavy atom. The van der Waals surface area contributed by atoms with Gasteiger partial charge in [0.25, 0.3) is 0 Å². The number of nitrogens with zero attached hydrogens (tertiary/aromatic N) is 4. The highest BCUT2D eigenvalue weighted by Crippen LogP contribution is 2.12. The molecule has 3 rings (SSSR count). The van der Waals surface area contributed by atoms with E-state index in [4.69, 9.17) is 0 Å². The van der Waals surface area contributed by atoms with Crippen LogP contribution < -0.4 is 4.68 Å². The van der Waals surface area contributed by atoms with E-state index in [-0.39, 0.29) is 10.7 Å². The van der Waals surface area contributed by atoms with E-state index < -0.39 is 10.1 Å². The van der Waals surface area contributed by atoms with Crippen LogP contribution >= 0.6 is 0 Å². The molecule has 24 heavy (non-hydrogen) atoms. The van der Waals surface area contributed by atoms with Crippen LogP contribution in [0.4, 0.5) is 4.39 Å². The van der Waals surface area contributed by atoms with Gasteiger partial charge in [0.15, 0.2) is 0 Å². The summed E-state index contributed by atoms with van der Waals surface area (Å²) in [4.78, 5) is 1.26. The van der Waals surface area contributed by atoms with Crippen molar-refractivity contribution in [2.75, 3.05) is 0 Å². The maximum atomic E-state index is 12.9. The van der Waals surface area contributed by atoms with E-state index in [1.807, 2.05) is 0 Å². The standard InChI is InChI=1S/C9H10FN4.C6H6O3S/c1-13-9(11-14(2)12-13)7-4-3-5-8(10)6-7;7-10(8,9)6-4-2-1-3-5-6/h3-6H,1-2H3;1-5H,(H,7,8,9)/q+1;/p-1. The van der Waals surface area contributed by atoms with Crippen LogP contribution in [0.25, 0.3) is 11.4 Å². The molecule has 0 spiro atoms. The molecule has 0 aliphatic heterocycles. The minimum atomic E-state index is -4.25. The predicted molar refractivity (Wildman–Crippen MR) is 82.0 cm³/mol. The van der Waals surface area contributed by atoms with Gasteiger partial charge in [0.1, 0.15) is 23.0 Å². The van der Waals surface area contributed by atoms with Gasteiger partial charge < -0.3 is 4.55 Å². The van der Waals surface area contributed by atoms with Gasteiger partial charge in [-0.25, -0.2) is 12.8 Å². The Labute approximate surface area is 138 Å². The van der Waals surface area contributed by atoms with Crippen molar-refractivity contribution >= 4 is 10.1 Å². The van der Waals surface area contributed by atoms with E-state index in [0.29, 0.717) is 5.82 Å². The molecule has 2 aromatic carbocycles. The third-order valence-corrected chi connectivity index (χ3v) is 3.77. The van der Waals surface area contributed by atoms with Gasteiger partial charge in [-0.15, -0.1) is 4.68 Å². The van der Waals surface area contributed by atoms with Crippen LogP contribution in [-0.2, 0) is 24.2 Å². The average Bonchev–Trinajstić information content (AvgIpc) is 2.87. The highest BCUT2D eigenvalue weighted by Gasteiger charge is 2.15. The first-order chi connectivity index (χ1) is 11.3. The number of tetrazole rings is 1. The lowest BCUT2D eigenvalue weighted by molar-refractivity contribution is -0.722. The minimum absolute atomic E-state index is 0.185. The zero-order valence-electron chi connectivity index (χ0n) is 13.0. The second-order valence-electron chi connectivity index (χ2n) is 4.80. The van der Waals surface area contributed by atoms with E-state index >= 15 is 0 Å². The molecule has 1 aromatic heterocycles. The summed E-state index contributed by atoms with van der Waals surface area (Å²) < 4.78 is 45.4. The quantitative estimate of drug-likeness (QED) is 0.509. The van der Waals surface area contributed by atoms with Gasteiger partial charge in [-0.05, 0) is 35.1 Å². The fourth-order valence-corrected chi connectivity index (χ4v) is 2.41. The number of halogens is 1. The monoisotopic (exact) mass is 350 g/mol. The molecule has 1 heterocycles. The molecule has 0 aliphatic rings. The molecule has 0 aliphatic carbocycles. The first-order valence-electron chi connectivity index (χ1n) is 6.82. The van der Waals surface area contributed by atoms with Gasteiger partial charge in [-0.1, -0.05) is 24.3 Å². The van der Waals surface area contributed by atoms with Crippen molar-refractivity contribution in [3.63, 3.8) is 0 Å². The van der Waals surface area contributed by atoms with Crippen LogP contribution in [0.3, 0.4) is 0 Å². The molecule has 3 aromatic rings. The zero-order chi connectivity index (χ0) is 17.7. The number of aryl methyl sites for hydroxylation is 2. The molecule has 0 saturated carbocycles. The summed E-state index contributed by atoms with van der Waals surface area (Å²) in [6, 6.07) is 13.5. The molecule has 0 bridgehead atoms. The first kappa shape index (κ1) is 17.7. The van der Waals surface area contributed by atoms with Crippen molar-refractivity contribution in [1.82, 2.24) is 15.1 Å². The average molecular weight is 350 g/mol. The molecule has 0 unspecified atom stereocenters. The van der Waals surface area contributed by atoms with Gasteiger partial charge >= 0.3 is 5.82 Å². The Hall–Kier alpha value is -2.65. The van der Waals surface area contributed by atoms with Crippen molar-refractivity contribution in [2.45, 2.75) is 4.90 Å². The van der Waals surface area contributed by atoms with Crippen LogP contribution in [0.1, 0.15) is 0 Å². The maximum Gasteiger partial charge on any atom is 0.329 e. The number of rotatable bonds is 2. The molecule has 7 nitrogen and oxygen atoms in total. The van der Waals surface area contributed by atoms with Gasteiger partial charge in [0.2, 0.25) is 0 Å². The second-order valence-corrected chi connectivity index (χ2v) is 6.18. The second kappa shape index (κ2) is 7.28. The van der Waals surface area contributed by atoms with E-state index in [1.165, 1.54) is 41.2 Å². The van der Waals surface area contributed by atoms with Crippen LogP contribution in [0.2, 0.25) is 0 Å². The van der Waals surface area contributed by atoms with Gasteiger partial charge in [0, 0.05) is 0 Å². The van der Waals surface area contributed by atoms with Crippen molar-refractivity contribution in [3.8, 4) is 11.4 Å². The summed E-state index contributed by atoms with van der Waals surface area (Å²) in [5, 5.41) is 8.14. The summed E-state index contributed by atoms with van der Waals surface area (Å²) in [5.74, 6) is 0.375. The SMILES string of the molecule is Cn1nc(-c2cccc(F)c2)[n+](C)n1.O=S(=O)([O-])c1ccccc1. The van der Waals surface area contributed by atoms with E-state index in [2.05, 4.69) is 10.3 Å². The molecular formula is C15H15FN4O3S. The van der Waals surface area contributed by atoms with Gasteiger partial charge in [0.05, 0.1) is 27.8 Å². The van der Waals surface area contributed by atoms with Crippen molar-refractivity contribution in [1.29, 1.82) is 0 Å². The largest absolute Gasteiger partial charge is 0.744 e. The number of hydrogen-bond acceptors (Lipinski definition) is 5. The van der Waals surface area contributed by atoms with E-state index in [0.717, 1.165) is 5.56 Å². The van der Waals surface area contributed by atoms with Crippen molar-refractivity contribution < 1.29 is 22.0 Å². The van der Waals surface area contributed by atoms with Crippen LogP contribution in [0.15, 0.2) is 59.5 Å². The molecule has 126 valence electrons. The fraction of sp³-hybridized carbons (Fsp3) is 0.133. The smallest absolute Gasteiger partial charge is 0.329 e. The Kier molecular flexibility index (Phi) is 5.37. The van der Waals surface area contributed by atoms with Crippen molar-refractivity contribution in [2.24, 2.45) is 14.1 Å². The number of hydrogen-bond donors (Lipinski definition) is 0. The van der Waals surface area contributed by atoms with Crippen LogP contribution in [0.5, 0.6) is 0 Å². The number of aromatic nitrogens is 4. The topological polar surface area (TPSA) is 91.8 Å². The highest BCUT2D eigenvalue weighted by atomic mass is 32.2. The Morgan fingerprint density at radius 3 is 2.25 bits per heavy atom. The lowest BCUT2D eigenvalue weighted by Gasteiger charge is -2.04. The third-order valence-electron chi connectivity index (χ3n) is 2.92. The number of benzene rings is 2.